The van der Waals surface area contributed by atoms with Crippen LogP contribution in [0.5, 0.6) is 5.75 Å². The molecule has 0 aromatic heterocycles. The Kier molecular flexibility index (Phi) is 6.75. The quantitative estimate of drug-likeness (QED) is 0.851. The number of methoxy groups -OCH3 is 1. The lowest BCUT2D eigenvalue weighted by molar-refractivity contribution is -0.117. The highest BCUT2D eigenvalue weighted by atomic mass is 35.5. The SMILES string of the molecule is COc1ccc(NC(=O)CN2CC3CCCC(N)C3C2)cc1Cl.Cl. The van der Waals surface area contributed by atoms with Crippen LogP contribution >= 0.6 is 24.0 Å². The van der Waals surface area contributed by atoms with Gasteiger partial charge in [0.2, 0.25) is 5.91 Å². The minimum atomic E-state index is -0.0153. The molecule has 1 aromatic rings. The number of hydrogen-bond acceptors (Lipinski definition) is 4. The van der Waals surface area contributed by atoms with Crippen molar-refractivity contribution in [1.82, 2.24) is 4.90 Å². The number of rotatable bonds is 4. The van der Waals surface area contributed by atoms with Crippen LogP contribution in [-0.2, 0) is 4.79 Å². The van der Waals surface area contributed by atoms with Crippen LogP contribution in [0, 0.1) is 11.8 Å². The molecule has 3 N–H and O–H groups in total. The van der Waals surface area contributed by atoms with E-state index in [-0.39, 0.29) is 18.3 Å². The van der Waals surface area contributed by atoms with Crippen molar-refractivity contribution in [2.75, 3.05) is 32.1 Å². The first-order chi connectivity index (χ1) is 11.1. The van der Waals surface area contributed by atoms with Crippen LogP contribution in [0.25, 0.3) is 0 Å². The summed E-state index contributed by atoms with van der Waals surface area (Å²) < 4.78 is 5.11. The van der Waals surface area contributed by atoms with Crippen LogP contribution in [0.2, 0.25) is 5.02 Å². The molecule has 1 heterocycles. The summed E-state index contributed by atoms with van der Waals surface area (Å²) in [5.41, 5.74) is 6.92. The number of nitrogens with two attached hydrogens (primary N) is 1. The number of halogens is 2. The molecule has 1 aliphatic heterocycles. The van der Waals surface area contributed by atoms with Gasteiger partial charge in [0.05, 0.1) is 18.7 Å². The van der Waals surface area contributed by atoms with Gasteiger partial charge >= 0.3 is 0 Å². The molecule has 0 spiro atoms. The Morgan fingerprint density at radius 3 is 2.88 bits per heavy atom. The van der Waals surface area contributed by atoms with Crippen molar-refractivity contribution in [2.24, 2.45) is 17.6 Å². The topological polar surface area (TPSA) is 67.6 Å². The Morgan fingerprint density at radius 1 is 1.42 bits per heavy atom. The molecule has 0 bridgehead atoms. The number of ether oxygens (including phenoxy) is 1. The summed E-state index contributed by atoms with van der Waals surface area (Å²) in [6.07, 6.45) is 3.57. The van der Waals surface area contributed by atoms with E-state index in [1.807, 2.05) is 0 Å². The zero-order valence-electron chi connectivity index (χ0n) is 13.8. The summed E-state index contributed by atoms with van der Waals surface area (Å²) >= 11 is 6.08. The third kappa shape index (κ3) is 4.33. The molecule has 24 heavy (non-hydrogen) atoms. The highest BCUT2D eigenvalue weighted by Gasteiger charge is 2.38. The van der Waals surface area contributed by atoms with Crippen molar-refractivity contribution in [3.05, 3.63) is 23.2 Å². The van der Waals surface area contributed by atoms with Gasteiger partial charge in [0.25, 0.3) is 0 Å². The number of carbonyl (C=O) groups is 1. The third-order valence-electron chi connectivity index (χ3n) is 5.03. The van der Waals surface area contributed by atoms with Crippen LogP contribution in [-0.4, -0.2) is 43.6 Å². The Hall–Kier alpha value is -1.01. The largest absolute Gasteiger partial charge is 0.495 e. The number of nitrogens with one attached hydrogen (secondary N) is 1. The fourth-order valence-corrected chi connectivity index (χ4v) is 4.14. The standard InChI is InChI=1S/C17H24ClN3O2.ClH/c1-23-16-6-5-12(7-14(16)18)20-17(22)10-21-8-11-3-2-4-15(19)13(11)9-21;/h5-7,11,13,15H,2-4,8-10,19H2,1H3,(H,20,22);1H. The summed E-state index contributed by atoms with van der Waals surface area (Å²) in [5.74, 6) is 1.79. The summed E-state index contributed by atoms with van der Waals surface area (Å²) in [4.78, 5) is 14.5. The summed E-state index contributed by atoms with van der Waals surface area (Å²) in [7, 11) is 1.57. The van der Waals surface area contributed by atoms with Gasteiger partial charge in [0.1, 0.15) is 5.75 Å². The van der Waals surface area contributed by atoms with Gasteiger partial charge in [0.15, 0.2) is 0 Å². The average molecular weight is 374 g/mol. The second-order valence-corrected chi connectivity index (χ2v) is 7.02. The van der Waals surface area contributed by atoms with E-state index in [2.05, 4.69) is 10.2 Å². The van der Waals surface area contributed by atoms with Crippen molar-refractivity contribution >= 4 is 35.6 Å². The third-order valence-corrected chi connectivity index (χ3v) is 5.33. The molecular weight excluding hydrogens is 349 g/mol. The lowest BCUT2D eigenvalue weighted by Gasteiger charge is -2.29. The molecule has 1 aliphatic carbocycles. The van der Waals surface area contributed by atoms with Gasteiger partial charge in [0, 0.05) is 24.8 Å². The minimum Gasteiger partial charge on any atom is -0.495 e. The molecule has 1 saturated carbocycles. The fourth-order valence-electron chi connectivity index (χ4n) is 3.89. The zero-order chi connectivity index (χ0) is 16.4. The number of nitrogens with zero attached hydrogens (tertiary/aromatic N) is 1. The van der Waals surface area contributed by atoms with Crippen LogP contribution < -0.4 is 15.8 Å². The number of anilines is 1. The molecule has 3 rings (SSSR count). The van der Waals surface area contributed by atoms with E-state index < -0.39 is 0 Å². The molecule has 1 saturated heterocycles. The number of fused-ring (bicyclic) bond motifs is 1. The first kappa shape index (κ1) is 19.3. The molecule has 2 aliphatic rings. The second-order valence-electron chi connectivity index (χ2n) is 6.61. The predicted molar refractivity (Wildman–Crippen MR) is 99.1 cm³/mol. The molecule has 134 valence electrons. The maximum absolute atomic E-state index is 12.3. The zero-order valence-corrected chi connectivity index (χ0v) is 15.4. The lowest BCUT2D eigenvalue weighted by atomic mass is 9.78. The fraction of sp³-hybridized carbons (Fsp3) is 0.588. The van der Waals surface area contributed by atoms with Crippen molar-refractivity contribution in [1.29, 1.82) is 0 Å². The summed E-state index contributed by atoms with van der Waals surface area (Å²) in [6, 6.07) is 5.55. The van der Waals surface area contributed by atoms with Gasteiger partial charge < -0.3 is 15.8 Å². The molecule has 7 heteroatoms. The summed E-state index contributed by atoms with van der Waals surface area (Å²) in [5, 5.41) is 3.39. The van der Waals surface area contributed by atoms with E-state index in [0.717, 1.165) is 19.5 Å². The highest BCUT2D eigenvalue weighted by molar-refractivity contribution is 6.32. The van der Waals surface area contributed by atoms with Crippen molar-refractivity contribution in [2.45, 2.75) is 25.3 Å². The molecule has 0 radical (unpaired) electrons. The van der Waals surface area contributed by atoms with Crippen molar-refractivity contribution < 1.29 is 9.53 Å². The van der Waals surface area contributed by atoms with Crippen LogP contribution in [0.1, 0.15) is 19.3 Å². The molecule has 1 aromatic carbocycles. The molecule has 1 amide bonds. The Morgan fingerprint density at radius 2 is 2.21 bits per heavy atom. The number of hydrogen-bond donors (Lipinski definition) is 2. The van der Waals surface area contributed by atoms with Gasteiger partial charge in [-0.15, -0.1) is 12.4 Å². The van der Waals surface area contributed by atoms with E-state index in [4.69, 9.17) is 22.1 Å². The van der Waals surface area contributed by atoms with E-state index in [0.29, 0.717) is 40.9 Å². The van der Waals surface area contributed by atoms with Gasteiger partial charge in [-0.05, 0) is 42.9 Å². The van der Waals surface area contributed by atoms with Crippen molar-refractivity contribution in [3.8, 4) is 5.75 Å². The van der Waals surface area contributed by atoms with Crippen molar-refractivity contribution in [3.63, 3.8) is 0 Å². The molecule has 3 atom stereocenters. The Balaban J connectivity index is 0.00000208. The van der Waals surface area contributed by atoms with Crippen LogP contribution in [0.4, 0.5) is 5.69 Å². The van der Waals surface area contributed by atoms with Gasteiger partial charge in [-0.25, -0.2) is 0 Å². The smallest absolute Gasteiger partial charge is 0.238 e. The van der Waals surface area contributed by atoms with E-state index in [9.17, 15) is 4.79 Å². The monoisotopic (exact) mass is 373 g/mol. The van der Waals surface area contributed by atoms with E-state index >= 15 is 0 Å². The van der Waals surface area contributed by atoms with Crippen LogP contribution in [0.3, 0.4) is 0 Å². The maximum Gasteiger partial charge on any atom is 0.238 e. The first-order valence-electron chi connectivity index (χ1n) is 8.18. The number of carbonyl (C=O) groups excluding carboxylic acids is 1. The molecule has 3 unspecified atom stereocenters. The molecule has 2 fully saturated rings. The maximum atomic E-state index is 12.3. The highest BCUT2D eigenvalue weighted by Crippen LogP contribution is 2.35. The van der Waals surface area contributed by atoms with Gasteiger partial charge in [-0.1, -0.05) is 18.0 Å². The number of likely N-dealkylation sites (tertiary alicyclic amines) is 1. The normalized spacial score (nSPS) is 26.4. The lowest BCUT2D eigenvalue weighted by Crippen LogP contribution is -2.38. The molecular formula is C17H25Cl2N3O2. The average Bonchev–Trinajstić information content (AvgIpc) is 2.91. The van der Waals surface area contributed by atoms with E-state index in [1.165, 1.54) is 12.8 Å². The molecule has 5 nitrogen and oxygen atoms in total. The second kappa shape index (κ2) is 8.39. The number of benzene rings is 1. The minimum absolute atomic E-state index is 0. The first-order valence-corrected chi connectivity index (χ1v) is 8.56. The number of amides is 1. The summed E-state index contributed by atoms with van der Waals surface area (Å²) in [6.45, 7) is 2.32. The van der Waals surface area contributed by atoms with E-state index in [1.54, 1.807) is 25.3 Å². The van der Waals surface area contributed by atoms with Gasteiger partial charge in [-0.2, -0.15) is 0 Å². The van der Waals surface area contributed by atoms with Crippen LogP contribution in [0.15, 0.2) is 18.2 Å². The Bertz CT molecular complexity index is 585. The Labute approximate surface area is 154 Å². The predicted octanol–water partition coefficient (Wildman–Crippen LogP) is 2.77. The van der Waals surface area contributed by atoms with Gasteiger partial charge in [-0.3, -0.25) is 9.69 Å².